The summed E-state index contributed by atoms with van der Waals surface area (Å²) in [5.74, 6) is -0.0366. The van der Waals surface area contributed by atoms with Crippen molar-refractivity contribution in [3.05, 3.63) is 58.6 Å². The van der Waals surface area contributed by atoms with Crippen LogP contribution in [0.5, 0.6) is 23.0 Å². The molecule has 2 aromatic rings. The molecule has 9 nitrogen and oxygen atoms in total. The summed E-state index contributed by atoms with van der Waals surface area (Å²) >= 11 is 6.40. The number of nitrogens with one attached hydrogen (secondary N) is 1. The number of carbonyl (C=O) groups excluding carboxylic acids is 3. The average Bonchev–Trinajstić information content (AvgIpc) is 3.13. The second kappa shape index (κ2) is 11.7. The van der Waals surface area contributed by atoms with E-state index in [4.69, 9.17) is 31.2 Å². The molecule has 0 aliphatic carbocycles. The van der Waals surface area contributed by atoms with Gasteiger partial charge in [0.15, 0.2) is 21.6 Å². The molecule has 11 heteroatoms. The number of thiocarbonyl (C=S) groups is 1. The van der Waals surface area contributed by atoms with Crippen molar-refractivity contribution in [1.29, 1.82) is 0 Å². The predicted molar refractivity (Wildman–Crippen MR) is 141 cm³/mol. The van der Waals surface area contributed by atoms with Crippen LogP contribution in [0.4, 0.5) is 5.69 Å². The van der Waals surface area contributed by atoms with Crippen LogP contribution in [0.15, 0.2) is 53.1 Å². The third-order valence-electron chi connectivity index (χ3n) is 5.05. The molecule has 0 aromatic heterocycles. The Hall–Kier alpha value is -3.83. The van der Waals surface area contributed by atoms with Crippen LogP contribution in [0.1, 0.15) is 12.5 Å². The van der Waals surface area contributed by atoms with Gasteiger partial charge in [-0.25, -0.2) is 0 Å². The predicted octanol–water partition coefficient (Wildman–Crippen LogP) is 4.03. The number of Topliss-reactive ketones (excluding diaryl/α,β-unsaturated/α-hetero) is 1. The van der Waals surface area contributed by atoms with E-state index in [1.807, 2.05) is 0 Å². The van der Waals surface area contributed by atoms with E-state index in [1.165, 1.54) is 35.4 Å². The number of methoxy groups -OCH3 is 4. The summed E-state index contributed by atoms with van der Waals surface area (Å²) in [6.07, 6.45) is 2.76. The van der Waals surface area contributed by atoms with Crippen molar-refractivity contribution in [3.8, 4) is 23.0 Å². The highest BCUT2D eigenvalue weighted by molar-refractivity contribution is 8.26. The molecular weight excluding hydrogens is 504 g/mol. The van der Waals surface area contributed by atoms with E-state index in [-0.39, 0.29) is 9.89 Å². The van der Waals surface area contributed by atoms with Crippen LogP contribution in [0, 0.1) is 0 Å². The zero-order chi connectivity index (χ0) is 26.4. The van der Waals surface area contributed by atoms with Crippen LogP contribution in [0.2, 0.25) is 0 Å². The molecule has 1 aliphatic rings. The first-order valence-electron chi connectivity index (χ1n) is 10.5. The molecule has 0 unspecified atom stereocenters. The summed E-state index contributed by atoms with van der Waals surface area (Å²) in [5.41, 5.74) is 0.741. The molecule has 0 saturated carbocycles. The Morgan fingerprint density at radius 2 is 1.58 bits per heavy atom. The molecule has 1 saturated heterocycles. The van der Waals surface area contributed by atoms with Crippen LogP contribution in [-0.4, -0.2) is 55.3 Å². The van der Waals surface area contributed by atoms with Gasteiger partial charge in [0.05, 0.1) is 44.6 Å². The standard InChI is InChI=1S/C25H24N2O7S2/c1-14(28)16(23(29)26-17-8-6-7-9-18(17)31-2)13-27-24(30)21(36-25(27)35)12-15-10-19(32-3)22(34-5)20(11-15)33-4/h6-13H,1-5H3,(H,26,29)/b16-13+,21-12+. The van der Waals surface area contributed by atoms with E-state index in [9.17, 15) is 14.4 Å². The van der Waals surface area contributed by atoms with Crippen LogP contribution in [0.25, 0.3) is 6.08 Å². The van der Waals surface area contributed by atoms with E-state index < -0.39 is 17.6 Å². The number of nitrogens with zero attached hydrogens (tertiary/aromatic N) is 1. The largest absolute Gasteiger partial charge is 0.495 e. The topological polar surface area (TPSA) is 103 Å². The first kappa shape index (κ1) is 26.8. The van der Waals surface area contributed by atoms with Gasteiger partial charge in [-0.05, 0) is 42.8 Å². The molecular formula is C25H24N2O7S2. The van der Waals surface area contributed by atoms with Crippen molar-refractivity contribution in [2.45, 2.75) is 6.92 Å². The Bertz CT molecular complexity index is 1260. The van der Waals surface area contributed by atoms with Gasteiger partial charge >= 0.3 is 0 Å². The van der Waals surface area contributed by atoms with Crippen molar-refractivity contribution in [3.63, 3.8) is 0 Å². The van der Waals surface area contributed by atoms with E-state index in [1.54, 1.807) is 42.5 Å². The highest BCUT2D eigenvalue weighted by Gasteiger charge is 2.33. The molecule has 3 rings (SSSR count). The van der Waals surface area contributed by atoms with Crippen LogP contribution >= 0.6 is 24.0 Å². The minimum absolute atomic E-state index is 0.169. The van der Waals surface area contributed by atoms with Gasteiger partial charge in [-0.3, -0.25) is 19.3 Å². The zero-order valence-electron chi connectivity index (χ0n) is 20.2. The number of thioether (sulfide) groups is 1. The van der Waals surface area contributed by atoms with Gasteiger partial charge < -0.3 is 24.3 Å². The average molecular weight is 529 g/mol. The summed E-state index contributed by atoms with van der Waals surface area (Å²) < 4.78 is 21.4. The monoisotopic (exact) mass is 528 g/mol. The maximum atomic E-state index is 13.1. The maximum Gasteiger partial charge on any atom is 0.270 e. The minimum atomic E-state index is -0.699. The Morgan fingerprint density at radius 3 is 2.14 bits per heavy atom. The number of carbonyl (C=O) groups is 3. The first-order valence-corrected chi connectivity index (χ1v) is 11.7. The number of ketones is 1. The zero-order valence-corrected chi connectivity index (χ0v) is 21.9. The van der Waals surface area contributed by atoms with Crippen molar-refractivity contribution in [2.75, 3.05) is 33.8 Å². The SMILES string of the molecule is COc1ccccc1NC(=O)/C(=C/N1C(=O)/C(=C\c2cc(OC)c(OC)c(OC)c2)SC1=S)C(C)=O. The molecule has 1 N–H and O–H groups in total. The number of para-hydroxylation sites is 2. The number of anilines is 1. The molecule has 0 bridgehead atoms. The van der Waals surface area contributed by atoms with Crippen molar-refractivity contribution in [2.24, 2.45) is 0 Å². The lowest BCUT2D eigenvalue weighted by atomic mass is 10.1. The van der Waals surface area contributed by atoms with Crippen molar-refractivity contribution in [1.82, 2.24) is 4.90 Å². The first-order chi connectivity index (χ1) is 17.2. The Kier molecular flexibility index (Phi) is 8.73. The summed E-state index contributed by atoms with van der Waals surface area (Å²) in [5, 5.41) is 2.64. The lowest BCUT2D eigenvalue weighted by Gasteiger charge is -2.14. The van der Waals surface area contributed by atoms with Gasteiger partial charge in [-0.2, -0.15) is 0 Å². The van der Waals surface area contributed by atoms with Gasteiger partial charge in [-0.15, -0.1) is 0 Å². The van der Waals surface area contributed by atoms with E-state index in [0.717, 1.165) is 22.9 Å². The van der Waals surface area contributed by atoms with Crippen LogP contribution in [0.3, 0.4) is 0 Å². The number of hydrogen-bond donors (Lipinski definition) is 1. The normalized spacial score (nSPS) is 14.6. The van der Waals surface area contributed by atoms with Gasteiger partial charge in [0.1, 0.15) is 5.75 Å². The van der Waals surface area contributed by atoms with Crippen molar-refractivity contribution >= 4 is 57.7 Å². The highest BCUT2D eigenvalue weighted by atomic mass is 32.2. The Morgan fingerprint density at radius 1 is 0.972 bits per heavy atom. The molecule has 0 atom stereocenters. The van der Waals surface area contributed by atoms with E-state index >= 15 is 0 Å². The van der Waals surface area contributed by atoms with Crippen molar-refractivity contribution < 1.29 is 33.3 Å². The number of amides is 2. The summed E-state index contributed by atoms with van der Waals surface area (Å²) in [4.78, 5) is 39.7. The molecule has 1 heterocycles. The molecule has 0 spiro atoms. The quantitative estimate of drug-likeness (QED) is 0.224. The van der Waals surface area contributed by atoms with E-state index in [2.05, 4.69) is 5.32 Å². The molecule has 2 amide bonds. The second-order valence-corrected chi connectivity index (χ2v) is 8.94. The van der Waals surface area contributed by atoms with Crippen LogP contribution in [-0.2, 0) is 14.4 Å². The van der Waals surface area contributed by atoms with Gasteiger partial charge in [0.2, 0.25) is 5.75 Å². The number of benzene rings is 2. The summed E-state index contributed by atoms with van der Waals surface area (Å²) in [7, 11) is 5.94. The minimum Gasteiger partial charge on any atom is -0.495 e. The molecule has 36 heavy (non-hydrogen) atoms. The van der Waals surface area contributed by atoms with Gasteiger partial charge in [0.25, 0.3) is 11.8 Å². The summed E-state index contributed by atoms with van der Waals surface area (Å²) in [6, 6.07) is 10.1. The molecule has 2 aromatic carbocycles. The molecule has 188 valence electrons. The molecule has 1 aliphatic heterocycles. The second-order valence-electron chi connectivity index (χ2n) is 7.26. The lowest BCUT2D eigenvalue weighted by Crippen LogP contribution is -2.27. The lowest BCUT2D eigenvalue weighted by molar-refractivity contribution is -0.120. The fourth-order valence-electron chi connectivity index (χ4n) is 3.30. The van der Waals surface area contributed by atoms with Gasteiger partial charge in [0, 0.05) is 6.20 Å². The fraction of sp³-hybridized carbons (Fsp3) is 0.200. The third-order valence-corrected chi connectivity index (χ3v) is 6.38. The maximum absolute atomic E-state index is 13.1. The third kappa shape index (κ3) is 5.69. The van der Waals surface area contributed by atoms with Gasteiger partial charge in [-0.1, -0.05) is 36.1 Å². The van der Waals surface area contributed by atoms with E-state index in [0.29, 0.717) is 39.2 Å². The fourth-order valence-corrected chi connectivity index (χ4v) is 4.51. The number of hydrogen-bond acceptors (Lipinski definition) is 9. The number of ether oxygens (including phenoxy) is 4. The molecule has 0 radical (unpaired) electrons. The smallest absolute Gasteiger partial charge is 0.270 e. The number of rotatable bonds is 9. The molecule has 1 fully saturated rings. The van der Waals surface area contributed by atoms with Crippen LogP contribution < -0.4 is 24.3 Å². The Labute approximate surface area is 218 Å². The highest BCUT2D eigenvalue weighted by Crippen LogP contribution is 2.40. The summed E-state index contributed by atoms with van der Waals surface area (Å²) in [6.45, 7) is 1.23. The Balaban J connectivity index is 1.92.